The van der Waals surface area contributed by atoms with E-state index in [0.717, 1.165) is 16.0 Å². The van der Waals surface area contributed by atoms with E-state index < -0.39 is 0 Å². The third kappa shape index (κ3) is 6.40. The zero-order chi connectivity index (χ0) is 19.8. The second kappa shape index (κ2) is 9.92. The minimum absolute atomic E-state index is 0.0326. The molecule has 0 atom stereocenters. The van der Waals surface area contributed by atoms with E-state index in [4.69, 9.17) is 11.6 Å². The Morgan fingerprint density at radius 3 is 2.25 bits per heavy atom. The third-order valence-corrected chi connectivity index (χ3v) is 5.11. The zero-order valence-electron chi connectivity index (χ0n) is 15.1. The number of carbonyl (C=O) groups is 2. The van der Waals surface area contributed by atoms with Crippen molar-refractivity contribution in [2.24, 2.45) is 0 Å². The van der Waals surface area contributed by atoms with E-state index >= 15 is 0 Å². The first-order chi connectivity index (χ1) is 13.6. The normalized spacial score (nSPS) is 10.3. The summed E-state index contributed by atoms with van der Waals surface area (Å²) in [4.78, 5) is 25.1. The summed E-state index contributed by atoms with van der Waals surface area (Å²) < 4.78 is 0. The molecule has 0 saturated heterocycles. The van der Waals surface area contributed by atoms with Crippen molar-refractivity contribution in [2.75, 3.05) is 5.32 Å². The Labute approximate surface area is 172 Å². The molecule has 1 aromatic heterocycles. The van der Waals surface area contributed by atoms with Crippen molar-refractivity contribution in [3.63, 3.8) is 0 Å². The summed E-state index contributed by atoms with van der Waals surface area (Å²) in [6.45, 7) is 0.954. The van der Waals surface area contributed by atoms with Crippen molar-refractivity contribution in [1.82, 2.24) is 10.6 Å². The number of urea groups is 1. The van der Waals surface area contributed by atoms with Crippen LogP contribution in [0, 0.1) is 0 Å². The van der Waals surface area contributed by atoms with Crippen molar-refractivity contribution < 1.29 is 9.59 Å². The Kier molecular flexibility index (Phi) is 7.06. The van der Waals surface area contributed by atoms with Crippen molar-refractivity contribution >= 4 is 40.6 Å². The van der Waals surface area contributed by atoms with E-state index in [-0.39, 0.29) is 11.9 Å². The number of hydrogen-bond acceptors (Lipinski definition) is 3. The molecule has 2 aromatic carbocycles. The lowest BCUT2D eigenvalue weighted by Crippen LogP contribution is -2.28. The summed E-state index contributed by atoms with van der Waals surface area (Å²) in [6, 6.07) is 18.2. The maximum atomic E-state index is 12.0. The molecule has 5 nitrogen and oxygen atoms in total. The van der Waals surface area contributed by atoms with Crippen molar-refractivity contribution in [2.45, 2.75) is 19.5 Å². The minimum Gasteiger partial charge on any atom is -0.351 e. The second-order valence-corrected chi connectivity index (χ2v) is 7.63. The maximum Gasteiger partial charge on any atom is 0.319 e. The molecule has 7 heteroatoms. The lowest BCUT2D eigenvalue weighted by Gasteiger charge is -2.09. The van der Waals surface area contributed by atoms with Crippen LogP contribution in [0.4, 0.5) is 10.5 Å². The van der Waals surface area contributed by atoms with Gasteiger partial charge in [0, 0.05) is 22.1 Å². The number of nitrogens with one attached hydrogen (secondary N) is 3. The molecular weight excluding hydrogens is 394 g/mol. The molecule has 0 aliphatic carbocycles. The number of amides is 3. The van der Waals surface area contributed by atoms with Gasteiger partial charge in [0.1, 0.15) is 0 Å². The minimum atomic E-state index is -0.295. The molecule has 144 valence electrons. The van der Waals surface area contributed by atoms with Crippen molar-refractivity contribution in [3.8, 4) is 0 Å². The van der Waals surface area contributed by atoms with Gasteiger partial charge in [-0.05, 0) is 46.8 Å². The van der Waals surface area contributed by atoms with Crippen molar-refractivity contribution in [3.05, 3.63) is 87.1 Å². The van der Waals surface area contributed by atoms with Gasteiger partial charge in [-0.25, -0.2) is 4.79 Å². The monoisotopic (exact) mass is 413 g/mol. The summed E-state index contributed by atoms with van der Waals surface area (Å²) in [7, 11) is 0. The van der Waals surface area contributed by atoms with Gasteiger partial charge in [-0.1, -0.05) is 41.9 Å². The number of hydrogen-bond donors (Lipinski definition) is 3. The molecule has 3 aromatic rings. The maximum absolute atomic E-state index is 12.0. The van der Waals surface area contributed by atoms with E-state index in [1.807, 2.05) is 41.8 Å². The molecule has 0 unspecified atom stereocenters. The van der Waals surface area contributed by atoms with Gasteiger partial charge in [-0.15, -0.1) is 11.3 Å². The average molecular weight is 414 g/mol. The summed E-state index contributed by atoms with van der Waals surface area (Å²) in [5, 5.41) is 11.1. The largest absolute Gasteiger partial charge is 0.351 e. The van der Waals surface area contributed by atoms with E-state index in [1.165, 1.54) is 0 Å². The van der Waals surface area contributed by atoms with Gasteiger partial charge in [-0.2, -0.15) is 0 Å². The lowest BCUT2D eigenvalue weighted by molar-refractivity contribution is -0.120. The molecule has 0 saturated carbocycles. The van der Waals surface area contributed by atoms with Crippen LogP contribution in [0.15, 0.2) is 66.0 Å². The quantitative estimate of drug-likeness (QED) is 0.530. The highest BCUT2D eigenvalue weighted by atomic mass is 35.5. The molecule has 1 heterocycles. The first-order valence-electron chi connectivity index (χ1n) is 8.76. The molecule has 28 heavy (non-hydrogen) atoms. The van der Waals surface area contributed by atoms with Gasteiger partial charge >= 0.3 is 6.03 Å². The Hall–Kier alpha value is -2.83. The van der Waals surface area contributed by atoms with Crippen LogP contribution in [0.3, 0.4) is 0 Å². The van der Waals surface area contributed by atoms with Crippen LogP contribution in [0.25, 0.3) is 0 Å². The summed E-state index contributed by atoms with van der Waals surface area (Å²) in [5.74, 6) is -0.0326. The van der Waals surface area contributed by atoms with Gasteiger partial charge in [-0.3, -0.25) is 4.79 Å². The fourth-order valence-electron chi connectivity index (χ4n) is 2.51. The van der Waals surface area contributed by atoms with Gasteiger partial charge in [0.15, 0.2) is 0 Å². The summed E-state index contributed by atoms with van der Waals surface area (Å²) >= 11 is 7.46. The van der Waals surface area contributed by atoms with Crippen LogP contribution >= 0.6 is 22.9 Å². The highest BCUT2D eigenvalue weighted by molar-refractivity contribution is 7.09. The van der Waals surface area contributed by atoms with E-state index in [9.17, 15) is 9.59 Å². The number of halogens is 1. The first kappa shape index (κ1) is 19.9. The summed E-state index contributed by atoms with van der Waals surface area (Å²) in [6.07, 6.45) is 0.300. The SMILES string of the molecule is O=C(Cc1ccc(NC(=O)NCc2ccc(Cl)cc2)cc1)NCc1cccs1. The van der Waals surface area contributed by atoms with Crippen LogP contribution in [-0.2, 0) is 24.3 Å². The van der Waals surface area contributed by atoms with Crippen LogP contribution in [0.5, 0.6) is 0 Å². The molecule has 3 rings (SSSR count). The number of anilines is 1. The number of carbonyl (C=O) groups excluding carboxylic acids is 2. The smallest absolute Gasteiger partial charge is 0.319 e. The standard InChI is InChI=1S/C21H20ClN3O2S/c22-17-7-3-16(4-8-17)13-24-21(27)25-18-9-5-15(6-10-18)12-20(26)23-14-19-2-1-11-28-19/h1-11H,12-14H2,(H,23,26)(H2,24,25,27). The fourth-order valence-corrected chi connectivity index (χ4v) is 3.28. The average Bonchev–Trinajstić information content (AvgIpc) is 3.21. The zero-order valence-corrected chi connectivity index (χ0v) is 16.6. The molecule has 0 fully saturated rings. The Morgan fingerprint density at radius 1 is 0.857 bits per heavy atom. The second-order valence-electron chi connectivity index (χ2n) is 6.16. The van der Waals surface area contributed by atoms with Crippen LogP contribution in [0.1, 0.15) is 16.0 Å². The van der Waals surface area contributed by atoms with Gasteiger partial charge < -0.3 is 16.0 Å². The van der Waals surface area contributed by atoms with Gasteiger partial charge in [0.25, 0.3) is 0 Å². The Morgan fingerprint density at radius 2 is 1.57 bits per heavy atom. The molecule has 0 bridgehead atoms. The molecular formula is C21H20ClN3O2S. The lowest BCUT2D eigenvalue weighted by atomic mass is 10.1. The van der Waals surface area contributed by atoms with Crippen LogP contribution < -0.4 is 16.0 Å². The molecule has 0 radical (unpaired) electrons. The first-order valence-corrected chi connectivity index (χ1v) is 10.0. The highest BCUT2D eigenvalue weighted by Crippen LogP contribution is 2.12. The number of benzene rings is 2. The van der Waals surface area contributed by atoms with Gasteiger partial charge in [0.2, 0.25) is 5.91 Å². The third-order valence-electron chi connectivity index (χ3n) is 3.98. The van der Waals surface area contributed by atoms with Crippen LogP contribution in [0.2, 0.25) is 5.02 Å². The number of thiophene rings is 1. The Bertz CT molecular complexity index is 910. The summed E-state index contributed by atoms with van der Waals surface area (Å²) in [5.41, 5.74) is 2.51. The van der Waals surface area contributed by atoms with E-state index in [0.29, 0.717) is 30.2 Å². The highest BCUT2D eigenvalue weighted by Gasteiger charge is 2.06. The van der Waals surface area contributed by atoms with Gasteiger partial charge in [0.05, 0.1) is 13.0 Å². The molecule has 3 N–H and O–H groups in total. The molecule has 3 amide bonds. The topological polar surface area (TPSA) is 70.2 Å². The predicted molar refractivity (Wildman–Crippen MR) is 114 cm³/mol. The molecule has 0 aliphatic heterocycles. The fraction of sp³-hybridized carbons (Fsp3) is 0.143. The van der Waals surface area contributed by atoms with Crippen LogP contribution in [-0.4, -0.2) is 11.9 Å². The Balaban J connectivity index is 1.42. The predicted octanol–water partition coefficient (Wildman–Crippen LogP) is 4.58. The molecule has 0 spiro atoms. The molecule has 0 aliphatic rings. The number of rotatable bonds is 7. The van der Waals surface area contributed by atoms with Crippen molar-refractivity contribution in [1.29, 1.82) is 0 Å². The van der Waals surface area contributed by atoms with E-state index in [2.05, 4.69) is 16.0 Å². The van der Waals surface area contributed by atoms with E-state index in [1.54, 1.807) is 35.6 Å².